The van der Waals surface area contributed by atoms with Crippen LogP contribution in [0, 0.1) is 20.8 Å². The Balaban J connectivity index is 0.000000748. The first kappa shape index (κ1) is 40.9. The van der Waals surface area contributed by atoms with Crippen LogP contribution in [0.5, 0.6) is 0 Å². The Labute approximate surface area is 311 Å². The Morgan fingerprint density at radius 1 is 0.490 bits per heavy atom. The minimum atomic E-state index is -0.677. The number of nitrogens with zero attached hydrogens (tertiary/aromatic N) is 1. The van der Waals surface area contributed by atoms with Crippen LogP contribution in [0.1, 0.15) is 63.0 Å². The molecular formula is C45H55FeNP2. The molecule has 49 heavy (non-hydrogen) atoms. The van der Waals surface area contributed by atoms with Crippen molar-refractivity contribution < 1.29 is 17.1 Å². The summed E-state index contributed by atoms with van der Waals surface area (Å²) in [5.41, 5.74) is 2.14. The van der Waals surface area contributed by atoms with Gasteiger partial charge in [0.1, 0.15) is 0 Å². The van der Waals surface area contributed by atoms with Gasteiger partial charge in [-0.15, -0.1) is 0 Å². The summed E-state index contributed by atoms with van der Waals surface area (Å²) in [5.74, 6) is 0.584. The Hall–Kier alpha value is -2.56. The smallest absolute Gasteiger partial charge is 0.358 e. The van der Waals surface area contributed by atoms with Crippen molar-refractivity contribution in [2.75, 3.05) is 14.1 Å². The van der Waals surface area contributed by atoms with E-state index in [1.165, 1.54) is 83.5 Å². The maximum atomic E-state index is 2.52. The molecule has 0 aliphatic heterocycles. The topological polar surface area (TPSA) is 3.24 Å². The molecule has 2 fully saturated rings. The third-order valence-electron chi connectivity index (χ3n) is 9.67. The molecule has 0 aromatic heterocycles. The van der Waals surface area contributed by atoms with Gasteiger partial charge in [-0.05, 0) is 86.4 Å². The first-order chi connectivity index (χ1) is 22.7. The molecule has 0 amide bonds. The quantitative estimate of drug-likeness (QED) is 0.0831. The first-order valence-electron chi connectivity index (χ1n) is 17.3. The Morgan fingerprint density at radius 2 is 0.878 bits per heavy atom. The van der Waals surface area contributed by atoms with Crippen molar-refractivity contribution in [1.29, 1.82) is 0 Å². The van der Waals surface area contributed by atoms with Crippen LogP contribution in [0.3, 0.4) is 0 Å². The van der Waals surface area contributed by atoms with Crippen molar-refractivity contribution in [1.82, 2.24) is 4.90 Å². The van der Waals surface area contributed by atoms with E-state index in [0.29, 0.717) is 17.6 Å². The number of rotatable bonds is 9. The second-order valence-electron chi connectivity index (χ2n) is 12.9. The zero-order valence-electron chi connectivity index (χ0n) is 29.9. The SMILES string of the molecule is C1CCCC1.CN(C)C(c1ccccc1P(c1ccccc1)c1ccccc1)C1CCCC1P(c1ccccc1)c1ccccc1.[CH3-].[CH3-].[Fe+2]. The van der Waals surface area contributed by atoms with Crippen LogP contribution < -0.4 is 26.5 Å². The van der Waals surface area contributed by atoms with Gasteiger partial charge in [0, 0.05) is 6.04 Å². The van der Waals surface area contributed by atoms with Gasteiger partial charge in [-0.1, -0.05) is 184 Å². The molecule has 0 spiro atoms. The summed E-state index contributed by atoms with van der Waals surface area (Å²) in [6.45, 7) is 0. The number of hydrogen-bond donors (Lipinski definition) is 0. The molecule has 3 atom stereocenters. The first-order valence-corrected chi connectivity index (χ1v) is 20.0. The van der Waals surface area contributed by atoms with E-state index < -0.39 is 15.8 Å². The van der Waals surface area contributed by atoms with Gasteiger partial charge >= 0.3 is 17.1 Å². The van der Waals surface area contributed by atoms with Crippen LogP contribution in [0.15, 0.2) is 146 Å². The zero-order valence-corrected chi connectivity index (χ0v) is 32.8. The minimum absolute atomic E-state index is 0. The van der Waals surface area contributed by atoms with E-state index in [4.69, 9.17) is 0 Å². The normalized spacial score (nSPS) is 17.3. The van der Waals surface area contributed by atoms with Gasteiger partial charge in [0.15, 0.2) is 0 Å². The molecule has 2 aliphatic rings. The van der Waals surface area contributed by atoms with Crippen molar-refractivity contribution in [3.8, 4) is 0 Å². The fraction of sp³-hybridized carbons (Fsp3) is 0.289. The molecule has 5 aromatic rings. The predicted molar refractivity (Wildman–Crippen MR) is 218 cm³/mol. The maximum Gasteiger partial charge on any atom is 2.00 e. The monoisotopic (exact) mass is 727 g/mol. The molecule has 0 N–H and O–H groups in total. The molecular weight excluding hydrogens is 672 g/mol. The minimum Gasteiger partial charge on any atom is -0.358 e. The summed E-state index contributed by atoms with van der Waals surface area (Å²) in [4.78, 5) is 2.52. The van der Waals surface area contributed by atoms with Gasteiger partial charge in [0.2, 0.25) is 0 Å². The fourth-order valence-electron chi connectivity index (χ4n) is 7.67. The van der Waals surface area contributed by atoms with E-state index in [-0.39, 0.29) is 31.9 Å². The maximum absolute atomic E-state index is 2.52. The summed E-state index contributed by atoms with van der Waals surface area (Å²) in [7, 11) is 3.46. The van der Waals surface area contributed by atoms with E-state index in [1.54, 1.807) is 0 Å². The van der Waals surface area contributed by atoms with Gasteiger partial charge in [-0.3, -0.25) is 0 Å². The van der Waals surface area contributed by atoms with E-state index >= 15 is 0 Å². The van der Waals surface area contributed by atoms with Crippen molar-refractivity contribution in [3.63, 3.8) is 0 Å². The fourth-order valence-corrected chi connectivity index (χ4v) is 13.3. The van der Waals surface area contributed by atoms with Crippen LogP contribution >= 0.6 is 15.8 Å². The molecule has 258 valence electrons. The van der Waals surface area contributed by atoms with Gasteiger partial charge in [0.05, 0.1) is 0 Å². The van der Waals surface area contributed by atoms with E-state index in [1.807, 2.05) is 0 Å². The van der Waals surface area contributed by atoms with Gasteiger partial charge in [-0.2, -0.15) is 0 Å². The molecule has 0 saturated heterocycles. The Morgan fingerprint density at radius 3 is 1.31 bits per heavy atom. The molecule has 0 heterocycles. The van der Waals surface area contributed by atoms with Crippen LogP contribution in [0.4, 0.5) is 0 Å². The van der Waals surface area contributed by atoms with Crippen molar-refractivity contribution in [2.45, 2.75) is 63.1 Å². The molecule has 2 aliphatic carbocycles. The third-order valence-corrected chi connectivity index (χ3v) is 15.2. The summed E-state index contributed by atoms with van der Waals surface area (Å²) >= 11 is 0. The molecule has 7 rings (SSSR count). The van der Waals surface area contributed by atoms with Crippen LogP contribution in [-0.2, 0) is 17.1 Å². The summed E-state index contributed by atoms with van der Waals surface area (Å²) < 4.78 is 0. The second-order valence-corrected chi connectivity index (χ2v) is 17.6. The second kappa shape index (κ2) is 21.0. The van der Waals surface area contributed by atoms with Crippen LogP contribution in [0.25, 0.3) is 0 Å². The van der Waals surface area contributed by atoms with Crippen LogP contribution in [-0.4, -0.2) is 24.7 Å². The standard InChI is InChI=1S/C38H39NP2.C5H10.2CH3.Fe/c1-39(2)38(35-27-17-29-37(35)41(32-22-11-5-12-23-32)33-24-13-6-14-25-33)34-26-15-16-28-36(34)40(30-18-7-3-8-19-30)31-20-9-4-10-21-31;1-2-4-5-3-1;;;/h3-16,18-26,28,35,37-38H,17,27,29H2,1-2H3;1-5H2;2*1H3;/q;;2*-1;+2. The average Bonchev–Trinajstić information content (AvgIpc) is 3.85. The summed E-state index contributed by atoms with van der Waals surface area (Å²) in [5, 5.41) is 7.34. The molecule has 0 bridgehead atoms. The number of benzene rings is 5. The Bertz CT molecular complexity index is 1510. The number of hydrogen-bond acceptors (Lipinski definition) is 1. The zero-order chi connectivity index (χ0) is 31.6. The summed E-state index contributed by atoms with van der Waals surface area (Å²) in [6.07, 6.45) is 11.4. The molecule has 0 radical (unpaired) electrons. The Kier molecular flexibility index (Phi) is 17.5. The van der Waals surface area contributed by atoms with Crippen molar-refractivity contribution in [3.05, 3.63) is 166 Å². The molecule has 5 aromatic carbocycles. The largest absolute Gasteiger partial charge is 2.00 e. The van der Waals surface area contributed by atoms with Crippen molar-refractivity contribution in [2.24, 2.45) is 5.92 Å². The van der Waals surface area contributed by atoms with Gasteiger partial charge in [-0.25, -0.2) is 0 Å². The summed E-state index contributed by atoms with van der Waals surface area (Å²) in [6, 6.07) is 54.8. The van der Waals surface area contributed by atoms with Crippen LogP contribution in [0.2, 0.25) is 0 Å². The van der Waals surface area contributed by atoms with Gasteiger partial charge in [0.25, 0.3) is 0 Å². The molecule has 4 heteroatoms. The van der Waals surface area contributed by atoms with Crippen molar-refractivity contribution >= 4 is 42.4 Å². The predicted octanol–water partition coefficient (Wildman–Crippen LogP) is 10.2. The van der Waals surface area contributed by atoms with Gasteiger partial charge < -0.3 is 19.8 Å². The average molecular weight is 728 g/mol. The van der Waals surface area contributed by atoms with E-state index in [9.17, 15) is 0 Å². The van der Waals surface area contributed by atoms with E-state index in [2.05, 4.69) is 165 Å². The third kappa shape index (κ3) is 10.3. The molecule has 1 nitrogen and oxygen atoms in total. The molecule has 3 unspecified atom stereocenters. The van der Waals surface area contributed by atoms with E-state index in [0.717, 1.165) is 0 Å². The molecule has 2 saturated carbocycles.